The highest BCUT2D eigenvalue weighted by Gasteiger charge is 2.25. The van der Waals surface area contributed by atoms with Crippen LogP contribution in [0.25, 0.3) is 11.5 Å². The number of oxazole rings is 1. The van der Waals surface area contributed by atoms with Crippen LogP contribution in [0.15, 0.2) is 64.3 Å². The minimum Gasteiger partial charge on any atom is -0.444 e. The zero-order chi connectivity index (χ0) is 23.0. The summed E-state index contributed by atoms with van der Waals surface area (Å²) in [4.78, 5) is 27.1. The number of aliphatic imine (C=N–C) groups is 1. The van der Waals surface area contributed by atoms with Crippen LogP contribution in [0, 0.1) is 5.92 Å². The molecule has 0 spiro atoms. The average molecular weight is 448 g/mol. The molecule has 172 valence electrons. The van der Waals surface area contributed by atoms with Crippen molar-refractivity contribution in [3.05, 3.63) is 66.2 Å². The molecule has 0 aliphatic carbocycles. The van der Waals surface area contributed by atoms with Crippen LogP contribution in [-0.4, -0.2) is 42.0 Å². The molecule has 0 radical (unpaired) electrons. The highest BCUT2D eigenvalue weighted by atomic mass is 16.3. The Labute approximate surface area is 193 Å². The lowest BCUT2D eigenvalue weighted by Gasteiger charge is -2.32. The molecule has 9 nitrogen and oxygen atoms in total. The first-order valence-electron chi connectivity index (χ1n) is 11.1. The number of aromatic nitrogens is 2. The lowest BCUT2D eigenvalue weighted by Crippen LogP contribution is -2.40. The number of primary amides is 1. The Hall–Kier alpha value is -3.88. The normalized spacial score (nSPS) is 14.8. The highest BCUT2D eigenvalue weighted by Crippen LogP contribution is 2.24. The number of hydrogen-bond acceptors (Lipinski definition) is 6. The summed E-state index contributed by atoms with van der Waals surface area (Å²) in [6, 6.07) is 13.8. The molecule has 0 atom stereocenters. The van der Waals surface area contributed by atoms with Crippen molar-refractivity contribution in [1.82, 2.24) is 20.6 Å². The fraction of sp³-hybridized carbons (Fsp3) is 0.333. The van der Waals surface area contributed by atoms with E-state index in [0.717, 1.165) is 48.6 Å². The fourth-order valence-electron chi connectivity index (χ4n) is 3.90. The van der Waals surface area contributed by atoms with Crippen LogP contribution in [0.2, 0.25) is 0 Å². The van der Waals surface area contributed by atoms with Crippen LogP contribution in [-0.2, 0) is 17.9 Å². The predicted octanol–water partition coefficient (Wildman–Crippen LogP) is 2.30. The molecule has 1 aliphatic rings. The lowest BCUT2D eigenvalue weighted by atomic mass is 9.96. The summed E-state index contributed by atoms with van der Waals surface area (Å²) in [6.07, 6.45) is 4.95. The number of benzene rings is 1. The first-order chi connectivity index (χ1) is 16.1. The first-order valence-corrected chi connectivity index (χ1v) is 11.1. The Morgan fingerprint density at radius 2 is 1.91 bits per heavy atom. The summed E-state index contributed by atoms with van der Waals surface area (Å²) < 4.78 is 5.60. The number of anilines is 1. The van der Waals surface area contributed by atoms with Crippen LogP contribution in [0.4, 0.5) is 5.82 Å². The Balaban J connectivity index is 1.32. The smallest absolute Gasteiger partial charge is 0.226 e. The SMILES string of the molecule is CN=C(NCc1coc(-c2ccccc2)n1)NCc1cccnc1N1CCC(C(N)=O)CC1. The van der Waals surface area contributed by atoms with E-state index in [9.17, 15) is 4.79 Å². The van der Waals surface area contributed by atoms with Crippen LogP contribution in [0.3, 0.4) is 0 Å². The van der Waals surface area contributed by atoms with Gasteiger partial charge in [-0.05, 0) is 31.0 Å². The molecule has 1 aliphatic heterocycles. The molecule has 1 aromatic carbocycles. The minimum absolute atomic E-state index is 0.0477. The number of hydrogen-bond donors (Lipinski definition) is 3. The zero-order valence-corrected chi connectivity index (χ0v) is 18.7. The number of rotatable bonds is 7. The van der Waals surface area contributed by atoms with E-state index in [1.807, 2.05) is 42.5 Å². The van der Waals surface area contributed by atoms with Gasteiger partial charge in [0.1, 0.15) is 12.1 Å². The number of nitrogens with two attached hydrogens (primary N) is 1. The molecule has 4 N–H and O–H groups in total. The molecule has 9 heteroatoms. The number of nitrogens with zero attached hydrogens (tertiary/aromatic N) is 4. The average Bonchev–Trinajstić information content (AvgIpc) is 3.34. The predicted molar refractivity (Wildman–Crippen MR) is 127 cm³/mol. The number of piperidine rings is 1. The van der Waals surface area contributed by atoms with Gasteiger partial charge in [-0.15, -0.1) is 0 Å². The van der Waals surface area contributed by atoms with Gasteiger partial charge in [0.05, 0.1) is 12.2 Å². The molecule has 1 saturated heterocycles. The number of guanidine groups is 1. The van der Waals surface area contributed by atoms with Gasteiger partial charge >= 0.3 is 0 Å². The van der Waals surface area contributed by atoms with Crippen LogP contribution < -0.4 is 21.3 Å². The van der Waals surface area contributed by atoms with Crippen LogP contribution in [0.5, 0.6) is 0 Å². The molecule has 3 aromatic rings. The second-order valence-corrected chi connectivity index (χ2v) is 7.94. The standard InChI is InChI=1S/C24H29N7O2/c1-26-24(29-15-20-16-33-23(30-20)18-6-3-2-4-7-18)28-14-19-8-5-11-27-22(19)31-12-9-17(10-13-31)21(25)32/h2-8,11,16-17H,9-10,12-15H2,1H3,(H2,25,32)(H2,26,28,29). The molecule has 3 heterocycles. The molecular formula is C24H29N7O2. The minimum atomic E-state index is -0.213. The topological polar surface area (TPSA) is 122 Å². The van der Waals surface area contributed by atoms with E-state index in [1.165, 1.54) is 0 Å². The van der Waals surface area contributed by atoms with Gasteiger partial charge in [0.2, 0.25) is 11.8 Å². The molecule has 4 rings (SSSR count). The molecule has 0 saturated carbocycles. The summed E-state index contributed by atoms with van der Waals surface area (Å²) in [5.74, 6) is 1.91. The third-order valence-corrected chi connectivity index (χ3v) is 5.74. The first kappa shape index (κ1) is 22.3. The van der Waals surface area contributed by atoms with Gasteiger partial charge in [0.25, 0.3) is 0 Å². The van der Waals surface area contributed by atoms with Crippen molar-refractivity contribution in [1.29, 1.82) is 0 Å². The molecule has 1 amide bonds. The Morgan fingerprint density at radius 1 is 1.15 bits per heavy atom. The Kier molecular flexibility index (Phi) is 7.19. The van der Waals surface area contributed by atoms with Gasteiger partial charge < -0.3 is 25.7 Å². The zero-order valence-electron chi connectivity index (χ0n) is 18.7. The van der Waals surface area contributed by atoms with Crippen LogP contribution in [0.1, 0.15) is 24.1 Å². The Morgan fingerprint density at radius 3 is 2.64 bits per heavy atom. The molecule has 0 bridgehead atoms. The molecular weight excluding hydrogens is 418 g/mol. The maximum Gasteiger partial charge on any atom is 0.226 e. The van der Waals surface area contributed by atoms with Gasteiger partial charge in [0.15, 0.2) is 5.96 Å². The second kappa shape index (κ2) is 10.6. The quantitative estimate of drug-likeness (QED) is 0.375. The van der Waals surface area contributed by atoms with E-state index < -0.39 is 0 Å². The molecule has 1 fully saturated rings. The van der Waals surface area contributed by atoms with Crippen molar-refractivity contribution in [2.75, 3.05) is 25.0 Å². The fourth-order valence-corrected chi connectivity index (χ4v) is 3.90. The van der Waals surface area contributed by atoms with Crippen molar-refractivity contribution >= 4 is 17.7 Å². The van der Waals surface area contributed by atoms with Crippen molar-refractivity contribution < 1.29 is 9.21 Å². The summed E-state index contributed by atoms with van der Waals surface area (Å²) in [5.41, 5.74) is 8.25. The summed E-state index contributed by atoms with van der Waals surface area (Å²) >= 11 is 0. The second-order valence-electron chi connectivity index (χ2n) is 7.94. The summed E-state index contributed by atoms with van der Waals surface area (Å²) in [7, 11) is 1.73. The highest BCUT2D eigenvalue weighted by molar-refractivity contribution is 5.79. The van der Waals surface area contributed by atoms with Gasteiger partial charge in [-0.25, -0.2) is 9.97 Å². The van der Waals surface area contributed by atoms with Gasteiger partial charge in [0, 0.05) is 49.9 Å². The number of carbonyl (C=O) groups is 1. The third kappa shape index (κ3) is 5.68. The maximum atomic E-state index is 11.5. The summed E-state index contributed by atoms with van der Waals surface area (Å²) in [5, 5.41) is 6.61. The van der Waals surface area contributed by atoms with Gasteiger partial charge in [-0.2, -0.15) is 0 Å². The molecule has 0 unspecified atom stereocenters. The van der Waals surface area contributed by atoms with Crippen LogP contribution >= 0.6 is 0 Å². The van der Waals surface area contributed by atoms with E-state index in [1.54, 1.807) is 19.5 Å². The van der Waals surface area contributed by atoms with E-state index in [0.29, 0.717) is 24.9 Å². The molecule has 2 aromatic heterocycles. The monoisotopic (exact) mass is 447 g/mol. The van der Waals surface area contributed by atoms with Gasteiger partial charge in [-0.3, -0.25) is 9.79 Å². The number of amides is 1. The van der Waals surface area contributed by atoms with Crippen molar-refractivity contribution in [3.63, 3.8) is 0 Å². The summed E-state index contributed by atoms with van der Waals surface area (Å²) in [6.45, 7) is 2.57. The van der Waals surface area contributed by atoms with Gasteiger partial charge in [-0.1, -0.05) is 24.3 Å². The van der Waals surface area contributed by atoms with E-state index in [4.69, 9.17) is 10.2 Å². The van der Waals surface area contributed by atoms with E-state index in [2.05, 4.69) is 30.5 Å². The third-order valence-electron chi connectivity index (χ3n) is 5.74. The number of nitrogens with one attached hydrogen (secondary N) is 2. The number of carbonyl (C=O) groups excluding carboxylic acids is 1. The van der Waals surface area contributed by atoms with Crippen molar-refractivity contribution in [3.8, 4) is 11.5 Å². The van der Waals surface area contributed by atoms with Crippen molar-refractivity contribution in [2.45, 2.75) is 25.9 Å². The van der Waals surface area contributed by atoms with E-state index in [-0.39, 0.29) is 11.8 Å². The number of pyridine rings is 1. The largest absolute Gasteiger partial charge is 0.444 e. The molecule has 33 heavy (non-hydrogen) atoms. The van der Waals surface area contributed by atoms with E-state index >= 15 is 0 Å². The maximum absolute atomic E-state index is 11.5. The van der Waals surface area contributed by atoms with Crippen molar-refractivity contribution in [2.24, 2.45) is 16.6 Å². The lowest BCUT2D eigenvalue weighted by molar-refractivity contribution is -0.122. The Bertz CT molecular complexity index is 1090.